The first kappa shape index (κ1) is 16.2. The van der Waals surface area contributed by atoms with E-state index < -0.39 is 0 Å². The van der Waals surface area contributed by atoms with Crippen molar-refractivity contribution in [3.63, 3.8) is 0 Å². The minimum Gasteiger partial charge on any atom is -0.310 e. The zero-order chi connectivity index (χ0) is 15.4. The van der Waals surface area contributed by atoms with Crippen LogP contribution in [-0.4, -0.2) is 11.5 Å². The monoisotopic (exact) mass is 302 g/mol. The molecule has 21 heavy (non-hydrogen) atoms. The third-order valence-electron chi connectivity index (χ3n) is 3.77. The van der Waals surface area contributed by atoms with Gasteiger partial charge in [-0.05, 0) is 57.4 Å². The van der Waals surface area contributed by atoms with Crippen molar-refractivity contribution in [2.75, 3.05) is 6.54 Å². The topological polar surface area (TPSA) is 24.9 Å². The highest BCUT2D eigenvalue weighted by Crippen LogP contribution is 2.27. The highest BCUT2D eigenvalue weighted by Gasteiger charge is 2.18. The van der Waals surface area contributed by atoms with E-state index in [0.29, 0.717) is 6.04 Å². The van der Waals surface area contributed by atoms with Gasteiger partial charge in [0.15, 0.2) is 0 Å². The second kappa shape index (κ2) is 7.19. The van der Waals surface area contributed by atoms with E-state index in [-0.39, 0.29) is 0 Å². The highest BCUT2D eigenvalue weighted by molar-refractivity contribution is 7.09. The molecule has 114 valence electrons. The Morgan fingerprint density at radius 3 is 2.33 bits per heavy atom. The van der Waals surface area contributed by atoms with Crippen LogP contribution >= 0.6 is 11.3 Å². The molecule has 1 atom stereocenters. The van der Waals surface area contributed by atoms with E-state index in [2.05, 4.69) is 62.4 Å². The van der Waals surface area contributed by atoms with Crippen LogP contribution in [0.3, 0.4) is 0 Å². The number of nitrogens with zero attached hydrogens (tertiary/aromatic N) is 1. The summed E-state index contributed by atoms with van der Waals surface area (Å²) < 4.78 is 0. The van der Waals surface area contributed by atoms with Crippen LogP contribution in [0.2, 0.25) is 0 Å². The average molecular weight is 302 g/mol. The van der Waals surface area contributed by atoms with Crippen LogP contribution < -0.4 is 5.32 Å². The second-order valence-corrected chi connectivity index (χ2v) is 6.85. The number of thiazole rings is 1. The van der Waals surface area contributed by atoms with Crippen LogP contribution in [0, 0.1) is 27.7 Å². The predicted molar refractivity (Wildman–Crippen MR) is 92.2 cm³/mol. The average Bonchev–Trinajstić information content (AvgIpc) is 2.80. The van der Waals surface area contributed by atoms with Crippen molar-refractivity contribution in [2.45, 2.75) is 53.5 Å². The van der Waals surface area contributed by atoms with E-state index in [1.54, 1.807) is 11.3 Å². The standard InChI is InChI=1S/C18H26N2S/c1-6-7-19-16(10-17-20-15(5)11-21-17)18-13(3)8-12(2)9-14(18)4/h8-9,11,16,19H,6-7,10H2,1-5H3. The van der Waals surface area contributed by atoms with E-state index >= 15 is 0 Å². The minimum atomic E-state index is 0.358. The first-order valence-electron chi connectivity index (χ1n) is 7.73. The van der Waals surface area contributed by atoms with E-state index in [1.807, 2.05) is 0 Å². The zero-order valence-corrected chi connectivity index (χ0v) is 14.6. The molecule has 1 N–H and O–H groups in total. The van der Waals surface area contributed by atoms with Gasteiger partial charge in [0.1, 0.15) is 0 Å². The summed E-state index contributed by atoms with van der Waals surface area (Å²) in [5, 5.41) is 7.07. The molecule has 1 heterocycles. The normalized spacial score (nSPS) is 12.6. The molecular weight excluding hydrogens is 276 g/mol. The number of aryl methyl sites for hydroxylation is 4. The predicted octanol–water partition coefficient (Wildman–Crippen LogP) is 4.66. The molecule has 0 aliphatic rings. The van der Waals surface area contributed by atoms with E-state index in [0.717, 1.165) is 25.1 Å². The maximum atomic E-state index is 4.64. The Hall–Kier alpha value is -1.19. The fourth-order valence-electron chi connectivity index (χ4n) is 3.01. The number of rotatable bonds is 6. The van der Waals surface area contributed by atoms with Crippen LogP contribution in [0.15, 0.2) is 17.5 Å². The minimum absolute atomic E-state index is 0.358. The van der Waals surface area contributed by atoms with Gasteiger partial charge in [0.05, 0.1) is 5.01 Å². The molecular formula is C18H26N2S. The fourth-order valence-corrected chi connectivity index (χ4v) is 3.83. The SMILES string of the molecule is CCCNC(Cc1nc(C)cs1)c1c(C)cc(C)cc1C. The molecule has 1 unspecified atom stereocenters. The molecule has 0 saturated heterocycles. The van der Waals surface area contributed by atoms with Gasteiger partial charge in [-0.3, -0.25) is 0 Å². The Kier molecular flexibility index (Phi) is 5.54. The summed E-state index contributed by atoms with van der Waals surface area (Å²) in [6.45, 7) is 11.9. The fraction of sp³-hybridized carbons (Fsp3) is 0.500. The van der Waals surface area contributed by atoms with Crippen molar-refractivity contribution in [3.8, 4) is 0 Å². The van der Waals surface area contributed by atoms with Gasteiger partial charge in [-0.1, -0.05) is 24.6 Å². The summed E-state index contributed by atoms with van der Waals surface area (Å²) in [6.07, 6.45) is 2.13. The largest absolute Gasteiger partial charge is 0.310 e. The lowest BCUT2D eigenvalue weighted by Crippen LogP contribution is -2.25. The van der Waals surface area contributed by atoms with Crippen molar-refractivity contribution < 1.29 is 0 Å². The van der Waals surface area contributed by atoms with Crippen molar-refractivity contribution in [1.82, 2.24) is 10.3 Å². The lowest BCUT2D eigenvalue weighted by molar-refractivity contribution is 0.523. The number of nitrogens with one attached hydrogen (secondary N) is 1. The molecule has 0 aliphatic heterocycles. The molecule has 0 radical (unpaired) electrons. The molecule has 1 aromatic carbocycles. The van der Waals surface area contributed by atoms with Gasteiger partial charge in [-0.2, -0.15) is 0 Å². The maximum absolute atomic E-state index is 4.64. The van der Waals surface area contributed by atoms with Crippen LogP contribution in [0.4, 0.5) is 0 Å². The lowest BCUT2D eigenvalue weighted by Gasteiger charge is -2.23. The number of hydrogen-bond acceptors (Lipinski definition) is 3. The van der Waals surface area contributed by atoms with Gasteiger partial charge in [-0.15, -0.1) is 11.3 Å². The molecule has 0 aliphatic carbocycles. The lowest BCUT2D eigenvalue weighted by atomic mass is 9.92. The summed E-state index contributed by atoms with van der Waals surface area (Å²) in [5.74, 6) is 0. The van der Waals surface area contributed by atoms with Crippen molar-refractivity contribution >= 4 is 11.3 Å². The second-order valence-electron chi connectivity index (χ2n) is 5.91. The summed E-state index contributed by atoms with van der Waals surface area (Å²) in [6, 6.07) is 4.93. The van der Waals surface area contributed by atoms with Crippen molar-refractivity contribution in [3.05, 3.63) is 50.5 Å². The molecule has 0 saturated carbocycles. The van der Waals surface area contributed by atoms with E-state index in [4.69, 9.17) is 0 Å². The van der Waals surface area contributed by atoms with Crippen LogP contribution in [-0.2, 0) is 6.42 Å². The van der Waals surface area contributed by atoms with Crippen molar-refractivity contribution in [1.29, 1.82) is 0 Å². The Bertz CT molecular complexity index is 578. The Balaban J connectivity index is 2.31. The molecule has 1 aromatic heterocycles. The summed E-state index contributed by atoms with van der Waals surface area (Å²) in [7, 11) is 0. The number of benzene rings is 1. The zero-order valence-electron chi connectivity index (χ0n) is 13.8. The van der Waals surface area contributed by atoms with Gasteiger partial charge in [0, 0.05) is 23.5 Å². The molecule has 0 spiro atoms. The number of hydrogen-bond donors (Lipinski definition) is 1. The van der Waals surface area contributed by atoms with Crippen LogP contribution in [0.25, 0.3) is 0 Å². The quantitative estimate of drug-likeness (QED) is 0.839. The van der Waals surface area contributed by atoms with Gasteiger partial charge in [-0.25, -0.2) is 4.98 Å². The number of aromatic nitrogens is 1. The Morgan fingerprint density at radius 1 is 1.14 bits per heavy atom. The smallest absolute Gasteiger partial charge is 0.0947 e. The molecule has 3 heteroatoms. The van der Waals surface area contributed by atoms with Gasteiger partial charge in [0.2, 0.25) is 0 Å². The third-order valence-corrected chi connectivity index (χ3v) is 4.76. The van der Waals surface area contributed by atoms with E-state index in [1.165, 1.54) is 27.3 Å². The molecule has 0 bridgehead atoms. The van der Waals surface area contributed by atoms with Crippen molar-refractivity contribution in [2.24, 2.45) is 0 Å². The third kappa shape index (κ3) is 4.14. The summed E-state index contributed by atoms with van der Waals surface area (Å²) in [4.78, 5) is 4.64. The highest BCUT2D eigenvalue weighted by atomic mass is 32.1. The first-order valence-corrected chi connectivity index (χ1v) is 8.61. The molecule has 0 fully saturated rings. The first-order chi connectivity index (χ1) is 10.0. The molecule has 2 nitrogen and oxygen atoms in total. The molecule has 0 amide bonds. The maximum Gasteiger partial charge on any atom is 0.0947 e. The van der Waals surface area contributed by atoms with Gasteiger partial charge in [0.25, 0.3) is 0 Å². The van der Waals surface area contributed by atoms with Gasteiger partial charge >= 0.3 is 0 Å². The Labute approximate surface area is 132 Å². The summed E-state index contributed by atoms with van der Waals surface area (Å²) >= 11 is 1.77. The molecule has 2 rings (SSSR count). The van der Waals surface area contributed by atoms with Gasteiger partial charge < -0.3 is 5.32 Å². The Morgan fingerprint density at radius 2 is 1.81 bits per heavy atom. The molecule has 2 aromatic rings. The van der Waals surface area contributed by atoms with Crippen LogP contribution in [0.5, 0.6) is 0 Å². The van der Waals surface area contributed by atoms with E-state index in [9.17, 15) is 0 Å². The summed E-state index contributed by atoms with van der Waals surface area (Å²) in [5.41, 5.74) is 6.68. The van der Waals surface area contributed by atoms with Crippen LogP contribution in [0.1, 0.15) is 52.3 Å².